The van der Waals surface area contributed by atoms with Gasteiger partial charge in [0.1, 0.15) is 0 Å². The zero-order valence-corrected chi connectivity index (χ0v) is 12.0. The number of aryl methyl sites for hydroxylation is 1. The van der Waals surface area contributed by atoms with E-state index in [1.807, 2.05) is 0 Å². The monoisotopic (exact) mass is 293 g/mol. The SMILES string of the molecule is Cc1cc(CBr)ccc1N(CC1CC1)C1CC1. The molecule has 0 unspecified atom stereocenters. The van der Waals surface area contributed by atoms with Crippen LogP contribution < -0.4 is 4.90 Å². The Morgan fingerprint density at radius 2 is 2.00 bits per heavy atom. The first-order valence-electron chi connectivity index (χ1n) is 6.70. The molecule has 1 aromatic carbocycles. The van der Waals surface area contributed by atoms with Crippen molar-refractivity contribution < 1.29 is 0 Å². The van der Waals surface area contributed by atoms with Crippen LogP contribution in [0.5, 0.6) is 0 Å². The Hall–Kier alpha value is -0.500. The molecule has 3 rings (SSSR count). The number of nitrogens with zero attached hydrogens (tertiary/aromatic N) is 1. The van der Waals surface area contributed by atoms with Crippen LogP contribution in [0.3, 0.4) is 0 Å². The zero-order chi connectivity index (χ0) is 11.8. The molecule has 0 atom stereocenters. The predicted octanol–water partition coefficient (Wildman–Crippen LogP) is 4.27. The average Bonchev–Trinajstić information content (AvgIpc) is 3.18. The maximum absolute atomic E-state index is 3.53. The minimum absolute atomic E-state index is 0.837. The smallest absolute Gasteiger partial charge is 0.0398 e. The largest absolute Gasteiger partial charge is 0.368 e. The van der Waals surface area contributed by atoms with Gasteiger partial charge in [0.05, 0.1) is 0 Å². The van der Waals surface area contributed by atoms with Crippen LogP contribution >= 0.6 is 15.9 Å². The van der Waals surface area contributed by atoms with Gasteiger partial charge in [0.2, 0.25) is 0 Å². The third-order valence-electron chi connectivity index (χ3n) is 3.86. The minimum Gasteiger partial charge on any atom is -0.368 e. The lowest BCUT2D eigenvalue weighted by atomic mass is 10.1. The summed E-state index contributed by atoms with van der Waals surface area (Å²) in [5.74, 6) is 0.978. The van der Waals surface area contributed by atoms with Crippen LogP contribution in [-0.4, -0.2) is 12.6 Å². The summed E-state index contributed by atoms with van der Waals surface area (Å²) in [7, 11) is 0. The summed E-state index contributed by atoms with van der Waals surface area (Å²) in [5.41, 5.74) is 4.30. The highest BCUT2D eigenvalue weighted by Crippen LogP contribution is 2.38. The second-order valence-corrected chi connectivity index (χ2v) is 6.14. The van der Waals surface area contributed by atoms with Gasteiger partial charge in [-0.05, 0) is 55.7 Å². The third-order valence-corrected chi connectivity index (χ3v) is 4.51. The summed E-state index contributed by atoms with van der Waals surface area (Å²) in [6.07, 6.45) is 5.68. The molecule has 0 amide bonds. The van der Waals surface area contributed by atoms with Crippen molar-refractivity contribution in [2.45, 2.75) is 44.0 Å². The van der Waals surface area contributed by atoms with E-state index in [1.54, 1.807) is 0 Å². The van der Waals surface area contributed by atoms with Crippen molar-refractivity contribution in [1.82, 2.24) is 0 Å². The summed E-state index contributed by atoms with van der Waals surface area (Å²) in [5, 5.41) is 0.959. The Kier molecular flexibility index (Phi) is 3.16. The van der Waals surface area contributed by atoms with Gasteiger partial charge in [0.15, 0.2) is 0 Å². The molecule has 0 saturated heterocycles. The second-order valence-electron chi connectivity index (χ2n) is 5.58. The Bertz CT molecular complexity index is 407. The van der Waals surface area contributed by atoms with E-state index >= 15 is 0 Å². The highest BCUT2D eigenvalue weighted by Gasteiger charge is 2.34. The van der Waals surface area contributed by atoms with Crippen molar-refractivity contribution in [2.75, 3.05) is 11.4 Å². The van der Waals surface area contributed by atoms with Gasteiger partial charge >= 0.3 is 0 Å². The van der Waals surface area contributed by atoms with E-state index in [0.717, 1.165) is 17.3 Å². The Morgan fingerprint density at radius 1 is 1.24 bits per heavy atom. The van der Waals surface area contributed by atoms with E-state index in [-0.39, 0.29) is 0 Å². The topological polar surface area (TPSA) is 3.24 Å². The van der Waals surface area contributed by atoms with Gasteiger partial charge in [-0.3, -0.25) is 0 Å². The standard InChI is InChI=1S/C15H20BrN/c1-11-8-13(9-16)4-7-15(11)17(14-5-6-14)10-12-2-3-12/h4,7-8,12,14H,2-3,5-6,9-10H2,1H3. The highest BCUT2D eigenvalue weighted by molar-refractivity contribution is 9.08. The molecule has 2 heteroatoms. The molecule has 0 radical (unpaired) electrons. The molecule has 2 fully saturated rings. The van der Waals surface area contributed by atoms with Gasteiger partial charge in [0.25, 0.3) is 0 Å². The number of alkyl halides is 1. The maximum Gasteiger partial charge on any atom is 0.0398 e. The molecule has 92 valence electrons. The second kappa shape index (κ2) is 4.64. The summed E-state index contributed by atoms with van der Waals surface area (Å²) < 4.78 is 0. The van der Waals surface area contributed by atoms with Crippen LogP contribution in [0.25, 0.3) is 0 Å². The first kappa shape index (κ1) is 11.6. The van der Waals surface area contributed by atoms with Crippen molar-refractivity contribution in [2.24, 2.45) is 5.92 Å². The van der Waals surface area contributed by atoms with Crippen LogP contribution in [0, 0.1) is 12.8 Å². The van der Waals surface area contributed by atoms with Crippen LogP contribution in [0.1, 0.15) is 36.8 Å². The molecule has 1 aromatic rings. The van der Waals surface area contributed by atoms with Gasteiger partial charge in [-0.25, -0.2) is 0 Å². The van der Waals surface area contributed by atoms with E-state index in [2.05, 4.69) is 46.0 Å². The maximum atomic E-state index is 3.53. The lowest BCUT2D eigenvalue weighted by Crippen LogP contribution is -2.28. The fraction of sp³-hybridized carbons (Fsp3) is 0.600. The molecule has 2 aliphatic rings. The lowest BCUT2D eigenvalue weighted by Gasteiger charge is -2.26. The number of benzene rings is 1. The summed E-state index contributed by atoms with van der Waals surface area (Å²) in [4.78, 5) is 2.67. The molecule has 2 aliphatic carbocycles. The third kappa shape index (κ3) is 2.67. The predicted molar refractivity (Wildman–Crippen MR) is 76.9 cm³/mol. The molecule has 1 nitrogen and oxygen atoms in total. The first-order valence-corrected chi connectivity index (χ1v) is 7.82. The van der Waals surface area contributed by atoms with Crippen molar-refractivity contribution in [3.05, 3.63) is 29.3 Å². The Balaban J connectivity index is 1.83. The average molecular weight is 294 g/mol. The van der Waals surface area contributed by atoms with Gasteiger partial charge in [0, 0.05) is 23.6 Å². The number of rotatable bonds is 5. The fourth-order valence-electron chi connectivity index (χ4n) is 2.53. The minimum atomic E-state index is 0.837. The Morgan fingerprint density at radius 3 is 2.53 bits per heavy atom. The van der Waals surface area contributed by atoms with Gasteiger partial charge in [-0.15, -0.1) is 0 Å². The molecular weight excluding hydrogens is 274 g/mol. The molecule has 0 aliphatic heterocycles. The van der Waals surface area contributed by atoms with E-state index in [1.165, 1.54) is 49.0 Å². The quantitative estimate of drug-likeness (QED) is 0.733. The van der Waals surface area contributed by atoms with Crippen LogP contribution in [0.4, 0.5) is 5.69 Å². The molecule has 0 bridgehead atoms. The summed E-state index contributed by atoms with van der Waals surface area (Å²) in [6.45, 7) is 3.54. The lowest BCUT2D eigenvalue weighted by molar-refractivity contribution is 0.717. The van der Waals surface area contributed by atoms with Gasteiger partial charge in [-0.1, -0.05) is 28.1 Å². The van der Waals surface area contributed by atoms with E-state index in [0.29, 0.717) is 0 Å². The van der Waals surface area contributed by atoms with Crippen LogP contribution in [0.15, 0.2) is 18.2 Å². The molecule has 2 saturated carbocycles. The first-order chi connectivity index (χ1) is 8.28. The number of hydrogen-bond acceptors (Lipinski definition) is 1. The highest BCUT2D eigenvalue weighted by atomic mass is 79.9. The molecule has 0 spiro atoms. The van der Waals surface area contributed by atoms with Gasteiger partial charge in [-0.2, -0.15) is 0 Å². The normalized spacial score (nSPS) is 19.4. The van der Waals surface area contributed by atoms with Crippen molar-refractivity contribution in [3.8, 4) is 0 Å². The summed E-state index contributed by atoms with van der Waals surface area (Å²) in [6, 6.07) is 7.75. The van der Waals surface area contributed by atoms with Crippen molar-refractivity contribution in [3.63, 3.8) is 0 Å². The summed E-state index contributed by atoms with van der Waals surface area (Å²) >= 11 is 3.53. The number of anilines is 1. The molecule has 0 N–H and O–H groups in total. The number of halogens is 1. The Labute approximate surface area is 112 Å². The van der Waals surface area contributed by atoms with Crippen LogP contribution in [0.2, 0.25) is 0 Å². The fourth-order valence-corrected chi connectivity index (χ4v) is 2.88. The van der Waals surface area contributed by atoms with E-state index < -0.39 is 0 Å². The zero-order valence-electron chi connectivity index (χ0n) is 10.5. The van der Waals surface area contributed by atoms with Gasteiger partial charge < -0.3 is 4.90 Å². The van der Waals surface area contributed by atoms with E-state index in [9.17, 15) is 0 Å². The van der Waals surface area contributed by atoms with E-state index in [4.69, 9.17) is 0 Å². The van der Waals surface area contributed by atoms with Crippen LogP contribution in [-0.2, 0) is 5.33 Å². The molecule has 0 aromatic heterocycles. The molecule has 17 heavy (non-hydrogen) atoms. The number of hydrogen-bond donors (Lipinski definition) is 0. The van der Waals surface area contributed by atoms with Crippen molar-refractivity contribution in [1.29, 1.82) is 0 Å². The molecular formula is C15H20BrN. The van der Waals surface area contributed by atoms with Crippen molar-refractivity contribution >= 4 is 21.6 Å². The molecule has 0 heterocycles.